The molecule has 5 heteroatoms. The number of halogens is 1. The predicted octanol–water partition coefficient (Wildman–Crippen LogP) is 12.7. The number of fused-ring (bicyclic) bond motifs is 12. The maximum Gasteiger partial charge on any atom is 0.141 e. The highest BCUT2D eigenvalue weighted by atomic mass is 79.9. The van der Waals surface area contributed by atoms with E-state index in [1.54, 1.807) is 0 Å². The molecular formula is C76H53BrO4. The summed E-state index contributed by atoms with van der Waals surface area (Å²) in [5.74, 6) is 0. The van der Waals surface area contributed by atoms with Gasteiger partial charge in [0.15, 0.2) is 0 Å². The summed E-state index contributed by atoms with van der Waals surface area (Å²) >= 11 is 0. The maximum absolute atomic E-state index is 12.1. The van der Waals surface area contributed by atoms with Crippen molar-refractivity contribution in [2.24, 2.45) is 0 Å². The van der Waals surface area contributed by atoms with Crippen molar-refractivity contribution in [3.8, 4) is 55.6 Å². The van der Waals surface area contributed by atoms with Crippen LogP contribution in [0.15, 0.2) is 291 Å². The largest absolute Gasteiger partial charge is 1.00 e. The van der Waals surface area contributed by atoms with Gasteiger partial charge in [-0.2, -0.15) is 0 Å². The SMILES string of the molecule is O.OC1(c2ccc(-c3ccc(C4(O)c5ccccc5-c5ccccc54)cc3)cc2)c2ccccc2-c2ccccc21.OC1(c2ccc(-c3ccc(C4=C5[CH+]C=CC=C5c5ccccc54)cc3)cc2)c2ccccc2-c2ccccc21.[Br-]. The van der Waals surface area contributed by atoms with E-state index in [0.717, 1.165) is 106 Å². The van der Waals surface area contributed by atoms with Gasteiger partial charge in [-0.3, -0.25) is 0 Å². The highest BCUT2D eigenvalue weighted by Gasteiger charge is 2.45. The van der Waals surface area contributed by atoms with Gasteiger partial charge in [0.25, 0.3) is 0 Å². The fraction of sp³-hybridized carbons (Fsp3) is 0.0395. The van der Waals surface area contributed by atoms with E-state index in [2.05, 4.69) is 158 Å². The van der Waals surface area contributed by atoms with Crippen molar-refractivity contribution in [3.05, 3.63) is 364 Å². The maximum atomic E-state index is 12.1. The lowest BCUT2D eigenvalue weighted by Crippen LogP contribution is -3.00. The topological polar surface area (TPSA) is 92.2 Å². The van der Waals surface area contributed by atoms with E-state index in [1.807, 2.05) is 133 Å². The molecule has 5 aliphatic rings. The molecule has 0 heterocycles. The second-order valence-corrected chi connectivity index (χ2v) is 21.2. The molecule has 0 aliphatic heterocycles. The number of aliphatic hydroxyl groups is 3. The average molecular weight is 1110 g/mol. The summed E-state index contributed by atoms with van der Waals surface area (Å²) in [6.45, 7) is 0. The third-order valence-electron chi connectivity index (χ3n) is 17.2. The number of hydrogen-bond donors (Lipinski definition) is 3. The minimum Gasteiger partial charge on any atom is -1.00 e. The van der Waals surface area contributed by atoms with Crippen molar-refractivity contribution in [1.29, 1.82) is 0 Å². The molecule has 5 aliphatic carbocycles. The van der Waals surface area contributed by atoms with Gasteiger partial charge in [0.2, 0.25) is 0 Å². The van der Waals surface area contributed by atoms with Gasteiger partial charge in [0.1, 0.15) is 22.4 Å². The molecule has 388 valence electrons. The van der Waals surface area contributed by atoms with Crippen LogP contribution in [0.5, 0.6) is 0 Å². The summed E-state index contributed by atoms with van der Waals surface area (Å²) in [6.07, 6.45) is 8.67. The second kappa shape index (κ2) is 19.9. The van der Waals surface area contributed by atoms with Gasteiger partial charge < -0.3 is 37.8 Å². The number of rotatable bonds is 6. The first kappa shape index (κ1) is 51.3. The molecule has 0 unspecified atom stereocenters. The lowest BCUT2D eigenvalue weighted by Gasteiger charge is -2.27. The van der Waals surface area contributed by atoms with Gasteiger partial charge >= 0.3 is 0 Å². The zero-order chi connectivity index (χ0) is 52.9. The molecule has 0 bridgehead atoms. The van der Waals surface area contributed by atoms with Crippen molar-refractivity contribution in [2.75, 3.05) is 0 Å². The quantitative estimate of drug-likeness (QED) is 0.145. The lowest BCUT2D eigenvalue weighted by molar-refractivity contribution is -0.0000232. The standard InChI is InChI=1S/C38H26O2.C38H25O.BrH.H2O/c39-37(33-13-5-1-9-29(33)30-10-2-6-14-34(30)37)27-21-17-25(18-22-27)26-19-23-28(24-20-26)38(40)35-15-7-3-11-31(35)32-12-4-8-16-36(32)38;39-38(35-15-7-5-11-31(35)32-12-6-8-16-36(32)38)28-23-21-26(22-24-28)25-17-19-27(20-18-25)37-33-13-3-1-9-29(33)30-10-2-4-14-34(30)37;;/h1-24,39-40H;1-24,39H;1H;1H2/q;+1;;/p-1. The smallest absolute Gasteiger partial charge is 0.141 e. The van der Waals surface area contributed by atoms with Crippen LogP contribution in [0.2, 0.25) is 0 Å². The van der Waals surface area contributed by atoms with Crippen molar-refractivity contribution in [3.63, 3.8) is 0 Å². The van der Waals surface area contributed by atoms with Crippen LogP contribution < -0.4 is 17.0 Å². The lowest BCUT2D eigenvalue weighted by atomic mass is 9.83. The first-order chi connectivity index (χ1) is 38.8. The minimum absolute atomic E-state index is 0. The molecule has 4 nitrogen and oxygen atoms in total. The molecule has 81 heavy (non-hydrogen) atoms. The number of hydrogen-bond acceptors (Lipinski definition) is 3. The Labute approximate surface area is 482 Å². The summed E-state index contributed by atoms with van der Waals surface area (Å²) in [7, 11) is 0. The predicted molar refractivity (Wildman–Crippen MR) is 323 cm³/mol. The summed E-state index contributed by atoms with van der Waals surface area (Å²) in [4.78, 5) is 0. The van der Waals surface area contributed by atoms with Crippen molar-refractivity contribution in [1.82, 2.24) is 0 Å². The monoisotopic (exact) mass is 1110 g/mol. The summed E-state index contributed by atoms with van der Waals surface area (Å²) in [6, 6.07) is 91.1. The van der Waals surface area contributed by atoms with Crippen LogP contribution in [0.3, 0.4) is 0 Å². The number of allylic oxidation sites excluding steroid dienone is 5. The molecule has 0 atom stereocenters. The summed E-state index contributed by atoms with van der Waals surface area (Å²) in [5.41, 5.74) is 23.2. The van der Waals surface area contributed by atoms with E-state index in [0.29, 0.717) is 0 Å². The Bertz CT molecular complexity index is 4080. The molecule has 0 saturated carbocycles. The van der Waals surface area contributed by atoms with E-state index in [4.69, 9.17) is 0 Å². The Kier molecular flexibility index (Phi) is 12.6. The zero-order valence-electron chi connectivity index (χ0n) is 43.9. The molecule has 11 aromatic carbocycles. The van der Waals surface area contributed by atoms with Crippen molar-refractivity contribution >= 4 is 11.1 Å². The van der Waals surface area contributed by atoms with E-state index < -0.39 is 16.8 Å². The zero-order valence-corrected chi connectivity index (χ0v) is 45.5. The first-order valence-electron chi connectivity index (χ1n) is 27.1. The molecule has 0 spiro atoms. The van der Waals surface area contributed by atoms with Gasteiger partial charge in [-0.25, -0.2) is 0 Å². The van der Waals surface area contributed by atoms with Crippen molar-refractivity contribution < 1.29 is 37.8 Å². The summed E-state index contributed by atoms with van der Waals surface area (Å²) < 4.78 is 0. The highest BCUT2D eigenvalue weighted by Crippen LogP contribution is 2.54. The minimum atomic E-state index is -1.19. The Morgan fingerprint density at radius 2 is 0.519 bits per heavy atom. The number of benzene rings is 11. The van der Waals surface area contributed by atoms with Crippen molar-refractivity contribution in [2.45, 2.75) is 16.8 Å². The fourth-order valence-corrected chi connectivity index (χ4v) is 13.4. The second-order valence-electron chi connectivity index (χ2n) is 21.2. The Hall–Kier alpha value is -9.17. The summed E-state index contributed by atoms with van der Waals surface area (Å²) in [5, 5.41) is 36.4. The van der Waals surface area contributed by atoms with Gasteiger partial charge in [-0.15, -0.1) is 0 Å². The molecule has 0 amide bonds. The molecular weight excluding hydrogens is 1060 g/mol. The van der Waals surface area contributed by atoms with Gasteiger partial charge in [-0.1, -0.05) is 243 Å². The molecule has 0 saturated heterocycles. The van der Waals surface area contributed by atoms with Crippen LogP contribution >= 0.6 is 0 Å². The Morgan fingerprint density at radius 3 is 0.827 bits per heavy atom. The van der Waals surface area contributed by atoms with Gasteiger partial charge in [0, 0.05) is 74.7 Å². The molecule has 16 rings (SSSR count). The van der Waals surface area contributed by atoms with E-state index in [1.165, 1.54) is 33.4 Å². The molecule has 5 N–H and O–H groups in total. The van der Waals surface area contributed by atoms with E-state index >= 15 is 0 Å². The van der Waals surface area contributed by atoms with Crippen LogP contribution in [0.1, 0.15) is 66.8 Å². The van der Waals surface area contributed by atoms with Gasteiger partial charge in [-0.05, 0) is 96.6 Å². The van der Waals surface area contributed by atoms with Crippen LogP contribution in [0, 0.1) is 6.42 Å². The van der Waals surface area contributed by atoms with Crippen LogP contribution in [0.25, 0.3) is 66.8 Å². The van der Waals surface area contributed by atoms with E-state index in [9.17, 15) is 15.3 Å². The Balaban J connectivity index is 0.000000149. The average Bonchev–Trinajstić information content (AvgIpc) is 4.41. The van der Waals surface area contributed by atoms with E-state index in [-0.39, 0.29) is 22.5 Å². The van der Waals surface area contributed by atoms with Crippen LogP contribution in [0.4, 0.5) is 0 Å². The molecule has 0 radical (unpaired) electrons. The molecule has 11 aromatic rings. The molecule has 0 aromatic heterocycles. The third-order valence-corrected chi connectivity index (χ3v) is 17.2. The fourth-order valence-electron chi connectivity index (χ4n) is 13.4. The van der Waals surface area contributed by atoms with Gasteiger partial charge in [0.05, 0.1) is 11.1 Å². The Morgan fingerprint density at radius 1 is 0.272 bits per heavy atom. The van der Waals surface area contributed by atoms with Crippen LogP contribution in [-0.4, -0.2) is 20.8 Å². The third kappa shape index (κ3) is 7.69. The van der Waals surface area contributed by atoms with Crippen LogP contribution in [-0.2, 0) is 16.8 Å². The molecule has 0 fully saturated rings. The first-order valence-corrected chi connectivity index (χ1v) is 27.1. The normalized spacial score (nSPS) is 15.0. The highest BCUT2D eigenvalue weighted by molar-refractivity contribution is 6.07.